The largest absolute Gasteiger partial charge is 0.466 e. The lowest BCUT2D eigenvalue weighted by Gasteiger charge is -2.56. The molecule has 6 nitrogen and oxygen atoms in total. The molecule has 1 N–H and O–H groups in total. The third-order valence-electron chi connectivity index (χ3n) is 5.72. The van der Waals surface area contributed by atoms with Gasteiger partial charge in [0.2, 0.25) is 0 Å². The highest BCUT2D eigenvalue weighted by Gasteiger charge is 2.70. The molecule has 2 heterocycles. The van der Waals surface area contributed by atoms with Crippen LogP contribution in [-0.2, 0) is 23.1 Å². The summed E-state index contributed by atoms with van der Waals surface area (Å²) in [6, 6.07) is 0. The summed E-state index contributed by atoms with van der Waals surface area (Å²) in [5.74, 6) is -0.902. The van der Waals surface area contributed by atoms with Crippen molar-refractivity contribution >= 4 is 14.5 Å². The van der Waals surface area contributed by atoms with Crippen LogP contribution in [0.5, 0.6) is 0 Å². The van der Waals surface area contributed by atoms with Gasteiger partial charge in [-0.15, -0.1) is 0 Å². The molecule has 144 valence electrons. The van der Waals surface area contributed by atoms with E-state index in [0.29, 0.717) is 13.2 Å². The van der Waals surface area contributed by atoms with Crippen LogP contribution in [0.2, 0.25) is 10.1 Å². The summed E-state index contributed by atoms with van der Waals surface area (Å²) in [5, 5.41) is 10.6. The molecule has 1 saturated carbocycles. The van der Waals surface area contributed by atoms with Gasteiger partial charge in [0, 0.05) is 16.0 Å². The highest BCUT2D eigenvalue weighted by molar-refractivity contribution is 6.73. The highest BCUT2D eigenvalue weighted by atomic mass is 28.4. The molecule has 0 aromatic heterocycles. The molecule has 0 amide bonds. The van der Waals surface area contributed by atoms with Crippen LogP contribution in [0, 0.1) is 11.8 Å². The van der Waals surface area contributed by atoms with E-state index in [0.717, 1.165) is 0 Å². The Morgan fingerprint density at radius 1 is 1.16 bits per heavy atom. The standard InChI is InChI=1S/C18H32O6Si/c1-8-21-16(20)12-11-13(19)14-10(23-15(11)12)9-22-25(24-14,17(2,3)4)18(5,6)7/h10-15,19H,8-9H2,1-7H3/t10-,11+,12-,13-,14+,15+/m1/s1. The van der Waals surface area contributed by atoms with Crippen LogP contribution in [0.3, 0.4) is 0 Å². The van der Waals surface area contributed by atoms with Gasteiger partial charge < -0.3 is 23.4 Å². The van der Waals surface area contributed by atoms with Gasteiger partial charge in [0.05, 0.1) is 31.3 Å². The SMILES string of the molecule is CCOC(=O)[C@H]1[C@H]2O[C@@H]3CO[Si](C(C)(C)C)(C(C)(C)C)O[C@@H]3[C@H](O)[C@@H]21. The zero-order valence-corrected chi connectivity index (χ0v) is 17.4. The summed E-state index contributed by atoms with van der Waals surface area (Å²) in [4.78, 5) is 12.1. The predicted octanol–water partition coefficient (Wildman–Crippen LogP) is 2.38. The minimum Gasteiger partial charge on any atom is -0.466 e. The summed E-state index contributed by atoms with van der Waals surface area (Å²) in [6.07, 6.45) is -1.78. The summed E-state index contributed by atoms with van der Waals surface area (Å²) >= 11 is 0. The summed E-state index contributed by atoms with van der Waals surface area (Å²) in [6.45, 7) is 15.4. The quantitative estimate of drug-likeness (QED) is 0.593. The van der Waals surface area contributed by atoms with Crippen LogP contribution in [0.15, 0.2) is 0 Å². The molecule has 0 radical (unpaired) electrons. The zero-order chi connectivity index (χ0) is 18.8. The van der Waals surface area contributed by atoms with Gasteiger partial charge in [-0.05, 0) is 6.92 Å². The van der Waals surface area contributed by atoms with Gasteiger partial charge in [0.1, 0.15) is 12.2 Å². The van der Waals surface area contributed by atoms with Crippen molar-refractivity contribution in [2.45, 2.75) is 83.0 Å². The number of aliphatic hydroxyl groups is 1. The van der Waals surface area contributed by atoms with Gasteiger partial charge in [0.25, 0.3) is 0 Å². The summed E-state index contributed by atoms with van der Waals surface area (Å²) in [7, 11) is -2.67. The number of carbonyl (C=O) groups excluding carboxylic acids is 1. The van der Waals surface area contributed by atoms with Crippen LogP contribution in [-0.4, -0.2) is 57.3 Å². The Morgan fingerprint density at radius 3 is 2.28 bits per heavy atom. The lowest BCUT2D eigenvalue weighted by Crippen LogP contribution is -2.68. The van der Waals surface area contributed by atoms with Gasteiger partial charge >= 0.3 is 14.5 Å². The van der Waals surface area contributed by atoms with E-state index in [4.69, 9.17) is 18.3 Å². The minimum atomic E-state index is -2.67. The Hall–Kier alpha value is -0.473. The second-order valence-electron chi connectivity index (χ2n) is 9.49. The topological polar surface area (TPSA) is 74.2 Å². The zero-order valence-electron chi connectivity index (χ0n) is 16.4. The van der Waals surface area contributed by atoms with Crippen LogP contribution in [0.25, 0.3) is 0 Å². The van der Waals surface area contributed by atoms with Gasteiger partial charge in [-0.3, -0.25) is 4.79 Å². The van der Waals surface area contributed by atoms with Crippen molar-refractivity contribution in [2.75, 3.05) is 13.2 Å². The van der Waals surface area contributed by atoms with Gasteiger partial charge in [-0.25, -0.2) is 0 Å². The first-order chi connectivity index (χ1) is 11.4. The second kappa shape index (κ2) is 6.02. The molecular formula is C18H32O6Si. The first-order valence-corrected chi connectivity index (χ1v) is 11.1. The lowest BCUT2D eigenvalue weighted by molar-refractivity contribution is -0.179. The van der Waals surface area contributed by atoms with Crippen molar-refractivity contribution in [3.05, 3.63) is 0 Å². The monoisotopic (exact) mass is 372 g/mol. The molecule has 7 heteroatoms. The van der Waals surface area contributed by atoms with Crippen molar-refractivity contribution in [2.24, 2.45) is 11.8 Å². The first-order valence-electron chi connectivity index (χ1n) is 9.26. The highest BCUT2D eigenvalue weighted by Crippen LogP contribution is 2.58. The molecule has 0 aromatic carbocycles. The Balaban J connectivity index is 1.83. The maximum absolute atomic E-state index is 12.1. The van der Waals surface area contributed by atoms with E-state index in [1.54, 1.807) is 6.92 Å². The molecular weight excluding hydrogens is 340 g/mol. The molecule has 0 bridgehead atoms. The van der Waals surface area contributed by atoms with Crippen molar-refractivity contribution < 1.29 is 28.2 Å². The fourth-order valence-electron chi connectivity index (χ4n) is 4.75. The number of hydrogen-bond donors (Lipinski definition) is 1. The van der Waals surface area contributed by atoms with E-state index in [1.807, 2.05) is 0 Å². The fraction of sp³-hybridized carbons (Fsp3) is 0.944. The average molecular weight is 373 g/mol. The van der Waals surface area contributed by atoms with Gasteiger partial charge in [0.15, 0.2) is 0 Å². The maximum Gasteiger partial charge on any atom is 0.349 e. The lowest BCUT2D eigenvalue weighted by atomic mass is 10.0. The number of fused-ring (bicyclic) bond motifs is 2. The minimum absolute atomic E-state index is 0.156. The Morgan fingerprint density at radius 2 is 1.76 bits per heavy atom. The number of hydrogen-bond acceptors (Lipinski definition) is 6. The molecule has 3 rings (SSSR count). The van der Waals surface area contributed by atoms with Gasteiger partial charge in [-0.2, -0.15) is 0 Å². The normalized spacial score (nSPS) is 40.0. The molecule has 2 aliphatic heterocycles. The van der Waals surface area contributed by atoms with Crippen molar-refractivity contribution in [3.63, 3.8) is 0 Å². The average Bonchev–Trinajstić information content (AvgIpc) is 3.19. The molecule has 0 unspecified atom stereocenters. The Bertz CT molecular complexity index is 523. The fourth-order valence-corrected chi connectivity index (χ4v) is 9.72. The first kappa shape index (κ1) is 19.3. The van der Waals surface area contributed by atoms with Crippen molar-refractivity contribution in [1.82, 2.24) is 0 Å². The number of carbonyl (C=O) groups is 1. The molecule has 3 aliphatic rings. The molecule has 1 aliphatic carbocycles. The summed E-state index contributed by atoms with van der Waals surface area (Å²) in [5.41, 5.74) is 0. The Kier molecular flexibility index (Phi) is 4.65. The molecule has 0 aromatic rings. The third kappa shape index (κ3) is 2.88. The van der Waals surface area contributed by atoms with E-state index in [9.17, 15) is 9.90 Å². The molecule has 0 spiro atoms. The second-order valence-corrected chi connectivity index (χ2v) is 14.3. The van der Waals surface area contributed by atoms with Crippen molar-refractivity contribution in [1.29, 1.82) is 0 Å². The third-order valence-corrected chi connectivity index (χ3v) is 10.8. The Labute approximate surface area is 151 Å². The molecule has 2 saturated heterocycles. The predicted molar refractivity (Wildman–Crippen MR) is 94.3 cm³/mol. The number of aliphatic hydroxyl groups excluding tert-OH is 1. The molecule has 25 heavy (non-hydrogen) atoms. The van der Waals surface area contributed by atoms with Crippen LogP contribution < -0.4 is 0 Å². The van der Waals surface area contributed by atoms with E-state index < -0.39 is 20.8 Å². The maximum atomic E-state index is 12.1. The number of rotatable bonds is 2. The van der Waals surface area contributed by atoms with E-state index in [1.165, 1.54) is 0 Å². The van der Waals surface area contributed by atoms with Crippen molar-refractivity contribution in [3.8, 4) is 0 Å². The number of ether oxygens (including phenoxy) is 2. The van der Waals surface area contributed by atoms with E-state index in [2.05, 4.69) is 41.5 Å². The van der Waals surface area contributed by atoms with Gasteiger partial charge in [-0.1, -0.05) is 41.5 Å². The molecule has 3 fully saturated rings. The molecule has 6 atom stereocenters. The van der Waals surface area contributed by atoms with E-state index >= 15 is 0 Å². The summed E-state index contributed by atoms with van der Waals surface area (Å²) < 4.78 is 24.1. The van der Waals surface area contributed by atoms with Crippen LogP contribution >= 0.6 is 0 Å². The number of esters is 1. The smallest absolute Gasteiger partial charge is 0.349 e. The van der Waals surface area contributed by atoms with Crippen LogP contribution in [0.4, 0.5) is 0 Å². The van der Waals surface area contributed by atoms with Crippen LogP contribution in [0.1, 0.15) is 48.5 Å². The van der Waals surface area contributed by atoms with E-state index in [-0.39, 0.29) is 40.1 Å².